The lowest BCUT2D eigenvalue weighted by Gasteiger charge is -2.04. The van der Waals surface area contributed by atoms with Crippen molar-refractivity contribution in [2.75, 3.05) is 5.32 Å². The number of nitrogens with zero attached hydrogens (tertiary/aromatic N) is 1. The lowest BCUT2D eigenvalue weighted by molar-refractivity contribution is 0.563. The van der Waals surface area contributed by atoms with Gasteiger partial charge in [-0.3, -0.25) is 9.78 Å². The van der Waals surface area contributed by atoms with Crippen molar-refractivity contribution in [2.24, 2.45) is 0 Å². The van der Waals surface area contributed by atoms with Crippen molar-refractivity contribution in [2.45, 2.75) is 0 Å². The van der Waals surface area contributed by atoms with E-state index in [4.69, 9.17) is 0 Å². The fourth-order valence-electron chi connectivity index (χ4n) is 1.22. The third-order valence-corrected chi connectivity index (χ3v) is 1.95. The van der Waals surface area contributed by atoms with E-state index in [0.29, 0.717) is 5.56 Å². The number of rotatable bonds is 3. The molecule has 15 heavy (non-hydrogen) atoms. The van der Waals surface area contributed by atoms with Gasteiger partial charge >= 0.3 is 0 Å². The van der Waals surface area contributed by atoms with Crippen molar-refractivity contribution in [3.63, 3.8) is 0 Å². The smallest absolute Gasteiger partial charge is 0.233 e. The maximum absolute atomic E-state index is 10.3. The number of benzene rings is 1. The molecule has 0 aliphatic rings. The van der Waals surface area contributed by atoms with Crippen LogP contribution in [0.3, 0.4) is 0 Å². The summed E-state index contributed by atoms with van der Waals surface area (Å²) < 4.78 is 0. The third kappa shape index (κ3) is 2.40. The summed E-state index contributed by atoms with van der Waals surface area (Å²) in [5.74, 6) is 0. The number of nitrogens with one attached hydrogen (secondary N) is 1. The summed E-state index contributed by atoms with van der Waals surface area (Å²) in [6, 6.07) is 10.9. The molecule has 2 aromatic rings. The standard InChI is InChI=1S/C12H9N2O/c15-9-10-3-5-11(6-4-10)14-12-2-1-7-13-8-12/h1-8,14H. The Balaban J connectivity index is 2.15. The zero-order valence-corrected chi connectivity index (χ0v) is 7.97. The molecule has 1 N–H and O–H groups in total. The molecule has 1 aromatic carbocycles. The summed E-state index contributed by atoms with van der Waals surface area (Å²) >= 11 is 0. The molecule has 3 heteroatoms. The van der Waals surface area contributed by atoms with Gasteiger partial charge < -0.3 is 5.32 Å². The highest BCUT2D eigenvalue weighted by atomic mass is 16.1. The lowest BCUT2D eigenvalue weighted by Crippen LogP contribution is -1.90. The minimum absolute atomic E-state index is 0.548. The molecule has 0 unspecified atom stereocenters. The van der Waals surface area contributed by atoms with Crippen molar-refractivity contribution in [1.29, 1.82) is 0 Å². The van der Waals surface area contributed by atoms with Gasteiger partial charge in [-0.15, -0.1) is 0 Å². The number of pyridine rings is 1. The van der Waals surface area contributed by atoms with E-state index in [1.807, 2.05) is 30.6 Å². The van der Waals surface area contributed by atoms with Crippen LogP contribution in [0.25, 0.3) is 0 Å². The van der Waals surface area contributed by atoms with Crippen LogP contribution in [0.2, 0.25) is 0 Å². The molecule has 0 amide bonds. The average Bonchev–Trinajstić information content (AvgIpc) is 2.31. The van der Waals surface area contributed by atoms with Crippen molar-refractivity contribution in [3.8, 4) is 0 Å². The van der Waals surface area contributed by atoms with Crippen molar-refractivity contribution in [3.05, 3.63) is 54.4 Å². The molecule has 0 fully saturated rings. The Bertz CT molecular complexity index is 437. The summed E-state index contributed by atoms with van der Waals surface area (Å²) in [5.41, 5.74) is 2.38. The predicted octanol–water partition coefficient (Wildman–Crippen LogP) is 2.28. The maximum atomic E-state index is 10.3. The minimum Gasteiger partial charge on any atom is -0.354 e. The quantitative estimate of drug-likeness (QED) is 0.820. The number of hydrogen-bond acceptors (Lipinski definition) is 3. The molecule has 0 saturated heterocycles. The van der Waals surface area contributed by atoms with Gasteiger partial charge in [0, 0.05) is 17.4 Å². The molecule has 0 saturated carbocycles. The Hall–Kier alpha value is -2.16. The Labute approximate surface area is 87.8 Å². The summed E-state index contributed by atoms with van der Waals surface area (Å²) in [4.78, 5) is 14.3. The van der Waals surface area contributed by atoms with E-state index in [1.165, 1.54) is 0 Å². The maximum Gasteiger partial charge on any atom is 0.233 e. The fourth-order valence-corrected chi connectivity index (χ4v) is 1.22. The van der Waals surface area contributed by atoms with Crippen LogP contribution in [-0.2, 0) is 4.79 Å². The molecule has 0 aliphatic carbocycles. The van der Waals surface area contributed by atoms with Gasteiger partial charge in [0.25, 0.3) is 0 Å². The molecular weight excluding hydrogens is 188 g/mol. The van der Waals surface area contributed by atoms with Crippen LogP contribution >= 0.6 is 0 Å². The number of carbonyl (C=O) groups excluding carboxylic acids is 1. The summed E-state index contributed by atoms with van der Waals surface area (Å²) in [6.07, 6.45) is 5.28. The highest BCUT2D eigenvalue weighted by Gasteiger charge is 1.94. The fraction of sp³-hybridized carbons (Fsp3) is 0. The molecule has 0 aliphatic heterocycles. The third-order valence-electron chi connectivity index (χ3n) is 1.95. The number of anilines is 2. The minimum atomic E-state index is 0.548. The first-order valence-corrected chi connectivity index (χ1v) is 4.54. The van der Waals surface area contributed by atoms with Gasteiger partial charge in [0.1, 0.15) is 0 Å². The van der Waals surface area contributed by atoms with Crippen molar-refractivity contribution < 1.29 is 4.79 Å². The van der Waals surface area contributed by atoms with Crippen LogP contribution in [0.4, 0.5) is 11.4 Å². The van der Waals surface area contributed by atoms with E-state index in [-0.39, 0.29) is 0 Å². The summed E-state index contributed by atoms with van der Waals surface area (Å²) in [6.45, 7) is 0. The van der Waals surface area contributed by atoms with Crippen LogP contribution < -0.4 is 5.32 Å². The highest BCUT2D eigenvalue weighted by Crippen LogP contribution is 2.14. The molecule has 1 aromatic heterocycles. The molecule has 1 heterocycles. The molecule has 1 radical (unpaired) electrons. The Morgan fingerprint density at radius 3 is 2.47 bits per heavy atom. The summed E-state index contributed by atoms with van der Waals surface area (Å²) in [7, 11) is 0. The number of hydrogen-bond donors (Lipinski definition) is 1. The Kier molecular flexibility index (Phi) is 2.74. The predicted molar refractivity (Wildman–Crippen MR) is 58.8 cm³/mol. The van der Waals surface area contributed by atoms with Gasteiger partial charge in [0.2, 0.25) is 6.29 Å². The second-order valence-electron chi connectivity index (χ2n) is 3.05. The number of aromatic nitrogens is 1. The highest BCUT2D eigenvalue weighted by molar-refractivity contribution is 5.76. The molecule has 2 rings (SSSR count). The first-order chi connectivity index (χ1) is 7.38. The van der Waals surface area contributed by atoms with Crippen molar-refractivity contribution in [1.82, 2.24) is 4.98 Å². The monoisotopic (exact) mass is 197 g/mol. The van der Waals surface area contributed by atoms with Crippen molar-refractivity contribution >= 4 is 17.7 Å². The largest absolute Gasteiger partial charge is 0.354 e. The zero-order chi connectivity index (χ0) is 10.5. The van der Waals surface area contributed by atoms with Crippen LogP contribution in [0.15, 0.2) is 48.8 Å². The van der Waals surface area contributed by atoms with E-state index in [2.05, 4.69) is 10.3 Å². The second kappa shape index (κ2) is 4.37. The van der Waals surface area contributed by atoms with Crippen LogP contribution in [0.5, 0.6) is 0 Å². The molecular formula is C12H9N2O. The van der Waals surface area contributed by atoms with E-state index < -0.39 is 0 Å². The molecule has 3 nitrogen and oxygen atoms in total. The lowest BCUT2D eigenvalue weighted by atomic mass is 10.2. The first-order valence-electron chi connectivity index (χ1n) is 4.54. The van der Waals surface area contributed by atoms with Crippen LogP contribution in [0, 0.1) is 0 Å². The van der Waals surface area contributed by atoms with E-state index in [0.717, 1.165) is 11.4 Å². The van der Waals surface area contributed by atoms with Gasteiger partial charge in [-0.25, -0.2) is 0 Å². The van der Waals surface area contributed by atoms with Gasteiger partial charge in [-0.1, -0.05) is 0 Å². The van der Waals surface area contributed by atoms with E-state index in [1.54, 1.807) is 24.5 Å². The van der Waals surface area contributed by atoms with Crippen LogP contribution in [-0.4, -0.2) is 11.3 Å². The molecule has 73 valence electrons. The normalized spacial score (nSPS) is 9.60. The SMILES string of the molecule is O=[C]c1ccc(Nc2cccnc2)cc1. The van der Waals surface area contributed by atoms with Gasteiger partial charge in [-0.2, -0.15) is 0 Å². The average molecular weight is 197 g/mol. The van der Waals surface area contributed by atoms with E-state index in [9.17, 15) is 4.79 Å². The van der Waals surface area contributed by atoms with Crippen LogP contribution in [0.1, 0.15) is 5.56 Å². The van der Waals surface area contributed by atoms with E-state index >= 15 is 0 Å². The van der Waals surface area contributed by atoms with Gasteiger partial charge in [-0.05, 0) is 36.4 Å². The van der Waals surface area contributed by atoms with Gasteiger partial charge in [0.05, 0.1) is 11.9 Å². The first kappa shape index (κ1) is 9.40. The second-order valence-corrected chi connectivity index (χ2v) is 3.05. The Morgan fingerprint density at radius 2 is 1.87 bits per heavy atom. The molecule has 0 bridgehead atoms. The summed E-state index contributed by atoms with van der Waals surface area (Å²) in [5, 5.41) is 3.16. The molecule has 0 atom stereocenters. The zero-order valence-electron chi connectivity index (χ0n) is 7.97. The topological polar surface area (TPSA) is 42.0 Å². The molecule has 0 spiro atoms. The van der Waals surface area contributed by atoms with Gasteiger partial charge in [0.15, 0.2) is 0 Å². The Morgan fingerprint density at radius 1 is 1.07 bits per heavy atom.